The lowest BCUT2D eigenvalue weighted by atomic mass is 10.1. The van der Waals surface area contributed by atoms with Gasteiger partial charge in [0.05, 0.1) is 16.6 Å². The fourth-order valence-corrected chi connectivity index (χ4v) is 4.37. The summed E-state index contributed by atoms with van der Waals surface area (Å²) in [6.07, 6.45) is 0. The highest BCUT2D eigenvalue weighted by Gasteiger charge is 2.11. The van der Waals surface area contributed by atoms with Gasteiger partial charge in [0.25, 0.3) is 0 Å². The van der Waals surface area contributed by atoms with Crippen LogP contribution in [0.15, 0.2) is 86.5 Å². The van der Waals surface area contributed by atoms with E-state index in [2.05, 4.69) is 20.9 Å². The van der Waals surface area contributed by atoms with Crippen molar-refractivity contribution in [1.82, 2.24) is 4.98 Å². The van der Waals surface area contributed by atoms with E-state index in [-0.39, 0.29) is 5.43 Å². The highest BCUT2D eigenvalue weighted by molar-refractivity contribution is 9.10. The third kappa shape index (κ3) is 4.14. The molecule has 5 rings (SSSR count). The average molecular weight is 507 g/mol. The number of hydrogen-bond acceptors (Lipinski definition) is 4. The van der Waals surface area contributed by atoms with Crippen molar-refractivity contribution >= 4 is 49.4 Å². The van der Waals surface area contributed by atoms with Crippen molar-refractivity contribution in [2.45, 2.75) is 13.5 Å². The molecule has 3 aromatic carbocycles. The molecule has 0 fully saturated rings. The summed E-state index contributed by atoms with van der Waals surface area (Å²) in [4.78, 5) is 17.3. The van der Waals surface area contributed by atoms with Crippen LogP contribution in [0.3, 0.4) is 0 Å². The monoisotopic (exact) mass is 505 g/mol. The molecule has 0 bridgehead atoms. The van der Waals surface area contributed by atoms with Crippen molar-refractivity contribution in [3.63, 3.8) is 0 Å². The normalized spacial score (nSPS) is 11.2. The Morgan fingerprint density at radius 3 is 2.75 bits per heavy atom. The van der Waals surface area contributed by atoms with Gasteiger partial charge < -0.3 is 9.15 Å². The van der Waals surface area contributed by atoms with Gasteiger partial charge in [-0.05, 0) is 55.0 Å². The lowest BCUT2D eigenvalue weighted by molar-refractivity contribution is 0.302. The van der Waals surface area contributed by atoms with Crippen LogP contribution in [0.4, 0.5) is 0 Å². The second-order valence-corrected chi connectivity index (χ2v) is 8.88. The van der Waals surface area contributed by atoms with Gasteiger partial charge in [-0.2, -0.15) is 0 Å². The molecule has 0 aliphatic heterocycles. The Hall–Kier alpha value is -3.15. The molecule has 2 heterocycles. The molecule has 0 saturated carbocycles. The third-order valence-electron chi connectivity index (χ3n) is 5.20. The first-order valence-corrected chi connectivity index (χ1v) is 11.2. The summed E-state index contributed by atoms with van der Waals surface area (Å²) in [6.45, 7) is 2.23. The molecule has 0 unspecified atom stereocenters. The van der Waals surface area contributed by atoms with Crippen LogP contribution in [-0.4, -0.2) is 4.98 Å². The molecule has 158 valence electrons. The molecule has 0 N–H and O–H groups in total. The molecule has 32 heavy (non-hydrogen) atoms. The summed E-state index contributed by atoms with van der Waals surface area (Å²) < 4.78 is 12.9. The number of benzene rings is 3. The maximum Gasteiger partial charge on any atom is 0.193 e. The van der Waals surface area contributed by atoms with E-state index in [1.54, 1.807) is 6.07 Å². The van der Waals surface area contributed by atoms with Crippen molar-refractivity contribution in [3.8, 4) is 17.1 Å². The van der Waals surface area contributed by atoms with Crippen LogP contribution in [0.2, 0.25) is 5.02 Å². The van der Waals surface area contributed by atoms with Crippen LogP contribution in [-0.2, 0) is 6.61 Å². The number of ether oxygens (including phenoxy) is 1. The Morgan fingerprint density at radius 1 is 1.03 bits per heavy atom. The molecule has 2 aromatic heterocycles. The molecule has 5 aromatic rings. The minimum Gasteiger partial charge on any atom is -0.487 e. The molecule has 4 nitrogen and oxygen atoms in total. The SMILES string of the molecule is Cc1cc(Br)cc2c(=O)cc(-c3cccc(OCc4ccc5ccc(Cl)cc5n4)c3)oc12. The molecular formula is C26H17BrClNO3. The Kier molecular flexibility index (Phi) is 5.45. The zero-order chi connectivity index (χ0) is 22.2. The van der Waals surface area contributed by atoms with Crippen molar-refractivity contribution in [1.29, 1.82) is 0 Å². The number of halogens is 2. The van der Waals surface area contributed by atoms with Gasteiger partial charge in [0, 0.05) is 26.5 Å². The molecule has 0 amide bonds. The minimum atomic E-state index is -0.0870. The lowest BCUT2D eigenvalue weighted by Gasteiger charge is -2.09. The lowest BCUT2D eigenvalue weighted by Crippen LogP contribution is -2.02. The number of aromatic nitrogens is 1. The number of aryl methyl sites for hydroxylation is 1. The van der Waals surface area contributed by atoms with Crippen LogP contribution < -0.4 is 10.2 Å². The van der Waals surface area contributed by atoms with Crippen molar-refractivity contribution in [2.75, 3.05) is 0 Å². The quantitative estimate of drug-likeness (QED) is 0.256. The first-order valence-electron chi connectivity index (χ1n) is 9.99. The second kappa shape index (κ2) is 8.41. The van der Waals surface area contributed by atoms with E-state index < -0.39 is 0 Å². The summed E-state index contributed by atoms with van der Waals surface area (Å²) in [5.41, 5.74) is 3.78. The van der Waals surface area contributed by atoms with Gasteiger partial charge in [0.15, 0.2) is 5.43 Å². The predicted octanol–water partition coefficient (Wildman–Crippen LogP) is 7.31. The van der Waals surface area contributed by atoms with Crippen LogP contribution >= 0.6 is 27.5 Å². The highest BCUT2D eigenvalue weighted by atomic mass is 79.9. The topological polar surface area (TPSA) is 52.3 Å². The summed E-state index contributed by atoms with van der Waals surface area (Å²) in [5, 5.41) is 2.22. The van der Waals surface area contributed by atoms with Crippen LogP contribution in [0, 0.1) is 6.92 Å². The molecule has 0 atom stereocenters. The van der Waals surface area contributed by atoms with E-state index in [1.165, 1.54) is 6.07 Å². The number of pyridine rings is 1. The van der Waals surface area contributed by atoms with Crippen molar-refractivity contribution in [2.24, 2.45) is 0 Å². The third-order valence-corrected chi connectivity index (χ3v) is 5.89. The molecular weight excluding hydrogens is 490 g/mol. The summed E-state index contributed by atoms with van der Waals surface area (Å²) in [5.74, 6) is 1.16. The van der Waals surface area contributed by atoms with Crippen molar-refractivity contribution in [3.05, 3.63) is 104 Å². The van der Waals surface area contributed by atoms with E-state index in [0.717, 1.165) is 32.2 Å². The summed E-state index contributed by atoms with van der Waals surface area (Å²) in [6, 6.07) is 22.3. The van der Waals surface area contributed by atoms with Gasteiger partial charge in [0.2, 0.25) is 0 Å². The second-order valence-electron chi connectivity index (χ2n) is 7.53. The van der Waals surface area contributed by atoms with E-state index in [9.17, 15) is 4.79 Å². The molecule has 6 heteroatoms. The molecule has 0 saturated heterocycles. The number of rotatable bonds is 4. The number of hydrogen-bond donors (Lipinski definition) is 0. The highest BCUT2D eigenvalue weighted by Crippen LogP contribution is 2.29. The van der Waals surface area contributed by atoms with E-state index in [1.807, 2.05) is 67.6 Å². The summed E-state index contributed by atoms with van der Waals surface area (Å²) >= 11 is 9.51. The standard InChI is InChI=1S/C26H17BrClNO3/c1-15-9-18(27)11-22-24(30)13-25(32-26(15)22)17-3-2-4-21(10-17)31-14-20-8-6-16-5-7-19(28)12-23(16)29-20/h2-13H,14H2,1H3. The fraction of sp³-hybridized carbons (Fsp3) is 0.0769. The Bertz CT molecular complexity index is 1540. The van der Waals surface area contributed by atoms with E-state index >= 15 is 0 Å². The van der Waals surface area contributed by atoms with Crippen molar-refractivity contribution < 1.29 is 9.15 Å². The van der Waals surface area contributed by atoms with Gasteiger partial charge in [-0.15, -0.1) is 0 Å². The number of fused-ring (bicyclic) bond motifs is 2. The van der Waals surface area contributed by atoms with Gasteiger partial charge in [-0.3, -0.25) is 4.79 Å². The van der Waals surface area contributed by atoms with Gasteiger partial charge in [0.1, 0.15) is 23.7 Å². The van der Waals surface area contributed by atoms with E-state index in [0.29, 0.717) is 34.1 Å². The van der Waals surface area contributed by atoms with Crippen LogP contribution in [0.25, 0.3) is 33.2 Å². The molecule has 0 spiro atoms. The smallest absolute Gasteiger partial charge is 0.193 e. The van der Waals surface area contributed by atoms with Gasteiger partial charge in [-0.1, -0.05) is 51.8 Å². The zero-order valence-corrected chi connectivity index (χ0v) is 19.4. The Morgan fingerprint density at radius 2 is 1.88 bits per heavy atom. The zero-order valence-electron chi connectivity index (χ0n) is 17.1. The van der Waals surface area contributed by atoms with Gasteiger partial charge in [-0.25, -0.2) is 4.98 Å². The van der Waals surface area contributed by atoms with E-state index in [4.69, 9.17) is 20.8 Å². The first-order chi connectivity index (χ1) is 15.5. The molecule has 0 radical (unpaired) electrons. The average Bonchev–Trinajstić information content (AvgIpc) is 2.78. The largest absolute Gasteiger partial charge is 0.487 e. The minimum absolute atomic E-state index is 0.0870. The van der Waals surface area contributed by atoms with Crippen LogP contribution in [0.5, 0.6) is 5.75 Å². The Balaban J connectivity index is 1.43. The fourth-order valence-electron chi connectivity index (χ4n) is 3.64. The maximum absolute atomic E-state index is 12.7. The van der Waals surface area contributed by atoms with Gasteiger partial charge >= 0.3 is 0 Å². The summed E-state index contributed by atoms with van der Waals surface area (Å²) in [7, 11) is 0. The maximum atomic E-state index is 12.7. The van der Waals surface area contributed by atoms with Crippen LogP contribution in [0.1, 0.15) is 11.3 Å². The predicted molar refractivity (Wildman–Crippen MR) is 131 cm³/mol. The molecule has 0 aliphatic carbocycles. The molecule has 0 aliphatic rings. The number of nitrogens with zero attached hydrogens (tertiary/aromatic N) is 1. The first kappa shape index (κ1) is 20.7. The Labute approximate surface area is 197 Å².